The smallest absolute Gasteiger partial charge is 0.206 e. The molecule has 0 amide bonds. The van der Waals surface area contributed by atoms with Crippen molar-refractivity contribution in [3.8, 4) is 22.1 Å². The van der Waals surface area contributed by atoms with Crippen LogP contribution in [0.4, 0.5) is 0 Å². The van der Waals surface area contributed by atoms with Gasteiger partial charge in [0.25, 0.3) is 0 Å². The van der Waals surface area contributed by atoms with Gasteiger partial charge in [-0.05, 0) is 37.4 Å². The molecule has 0 saturated heterocycles. The van der Waals surface area contributed by atoms with Crippen molar-refractivity contribution in [3.05, 3.63) is 51.5 Å². The molecule has 2 aromatic heterocycles. The predicted octanol–water partition coefficient (Wildman–Crippen LogP) is 3.88. The molecule has 124 valence electrons. The SMILES string of the molecule is CC(C)N=c1scc(-c2cccs2)n1N=Cc1cccc(O)c1O. The highest BCUT2D eigenvalue weighted by Gasteiger charge is 2.09. The quantitative estimate of drug-likeness (QED) is 0.548. The van der Waals surface area contributed by atoms with Gasteiger partial charge < -0.3 is 10.2 Å². The van der Waals surface area contributed by atoms with Crippen molar-refractivity contribution in [3.63, 3.8) is 0 Å². The number of thiazole rings is 1. The van der Waals surface area contributed by atoms with Crippen LogP contribution in [0.2, 0.25) is 0 Å². The summed E-state index contributed by atoms with van der Waals surface area (Å²) in [6, 6.07) is 8.95. The molecule has 3 rings (SSSR count). The van der Waals surface area contributed by atoms with Crippen molar-refractivity contribution >= 4 is 28.9 Å². The second kappa shape index (κ2) is 7.02. The normalized spacial score (nSPS) is 12.5. The number of rotatable bonds is 4. The van der Waals surface area contributed by atoms with E-state index in [4.69, 9.17) is 0 Å². The number of hydrogen-bond donors (Lipinski definition) is 2. The molecule has 1 aromatic carbocycles. The Morgan fingerprint density at radius 1 is 1.12 bits per heavy atom. The van der Waals surface area contributed by atoms with E-state index in [0.717, 1.165) is 15.4 Å². The zero-order valence-electron chi connectivity index (χ0n) is 13.2. The van der Waals surface area contributed by atoms with Crippen LogP contribution in [0.15, 0.2) is 51.2 Å². The largest absolute Gasteiger partial charge is 0.504 e. The molecule has 0 fully saturated rings. The molecular formula is C17H17N3O2S2. The Morgan fingerprint density at radius 2 is 1.96 bits per heavy atom. The summed E-state index contributed by atoms with van der Waals surface area (Å²) in [7, 11) is 0. The third kappa shape index (κ3) is 3.42. The molecule has 7 heteroatoms. The molecule has 0 aliphatic heterocycles. The van der Waals surface area contributed by atoms with E-state index >= 15 is 0 Å². The fraction of sp³-hybridized carbons (Fsp3) is 0.176. The van der Waals surface area contributed by atoms with Gasteiger partial charge >= 0.3 is 0 Å². The first kappa shape index (κ1) is 16.5. The maximum Gasteiger partial charge on any atom is 0.206 e. The summed E-state index contributed by atoms with van der Waals surface area (Å²) >= 11 is 3.15. The maximum atomic E-state index is 9.92. The minimum absolute atomic E-state index is 0.149. The lowest BCUT2D eigenvalue weighted by molar-refractivity contribution is 0.403. The lowest BCUT2D eigenvalue weighted by atomic mass is 10.2. The van der Waals surface area contributed by atoms with Crippen molar-refractivity contribution in [1.29, 1.82) is 0 Å². The third-order valence-corrected chi connectivity index (χ3v) is 4.91. The van der Waals surface area contributed by atoms with Gasteiger partial charge in [-0.3, -0.25) is 4.99 Å². The molecule has 2 heterocycles. The number of aromatic hydroxyl groups is 2. The van der Waals surface area contributed by atoms with E-state index in [9.17, 15) is 10.2 Å². The topological polar surface area (TPSA) is 70.1 Å². The summed E-state index contributed by atoms with van der Waals surface area (Å²) < 4.78 is 1.76. The van der Waals surface area contributed by atoms with Crippen molar-refractivity contribution in [2.45, 2.75) is 19.9 Å². The molecule has 3 aromatic rings. The minimum Gasteiger partial charge on any atom is -0.504 e. The van der Waals surface area contributed by atoms with E-state index in [1.165, 1.54) is 23.6 Å². The number of thiophene rings is 1. The zero-order valence-corrected chi connectivity index (χ0v) is 14.9. The molecule has 0 radical (unpaired) electrons. The van der Waals surface area contributed by atoms with Gasteiger partial charge in [-0.2, -0.15) is 5.10 Å². The van der Waals surface area contributed by atoms with Crippen LogP contribution in [0.3, 0.4) is 0 Å². The van der Waals surface area contributed by atoms with Crippen LogP contribution >= 0.6 is 22.7 Å². The molecule has 0 spiro atoms. The molecule has 2 N–H and O–H groups in total. The van der Waals surface area contributed by atoms with Gasteiger partial charge in [0.2, 0.25) is 4.80 Å². The molecule has 0 aliphatic carbocycles. The standard InChI is InChI=1S/C17H17N3O2S2/c1-11(2)19-17-20(13(10-24-17)15-7-4-8-23-15)18-9-12-5-3-6-14(21)16(12)22/h3-11,21-22H,1-2H3. The van der Waals surface area contributed by atoms with Crippen LogP contribution in [0.1, 0.15) is 19.4 Å². The first-order valence-electron chi connectivity index (χ1n) is 7.40. The molecule has 0 saturated carbocycles. The Morgan fingerprint density at radius 3 is 2.67 bits per heavy atom. The van der Waals surface area contributed by atoms with Crippen LogP contribution in [-0.4, -0.2) is 27.1 Å². The zero-order chi connectivity index (χ0) is 17.1. The van der Waals surface area contributed by atoms with Crippen molar-refractivity contribution in [1.82, 2.24) is 4.68 Å². The van der Waals surface area contributed by atoms with Crippen LogP contribution in [0.5, 0.6) is 11.5 Å². The van der Waals surface area contributed by atoms with Crippen molar-refractivity contribution < 1.29 is 10.2 Å². The molecule has 0 bridgehead atoms. The number of benzene rings is 1. The molecule has 5 nitrogen and oxygen atoms in total. The van der Waals surface area contributed by atoms with E-state index in [1.807, 2.05) is 36.7 Å². The highest BCUT2D eigenvalue weighted by atomic mass is 32.1. The number of phenolic OH excluding ortho intramolecular Hbond substituents is 2. The second-order valence-corrected chi connectivity index (χ2v) is 7.16. The molecule has 24 heavy (non-hydrogen) atoms. The Balaban J connectivity index is 2.10. The number of hydrogen-bond acceptors (Lipinski definition) is 6. The van der Waals surface area contributed by atoms with Gasteiger partial charge in [0.15, 0.2) is 11.5 Å². The Bertz CT molecular complexity index is 922. The number of para-hydroxylation sites is 1. The van der Waals surface area contributed by atoms with Crippen LogP contribution < -0.4 is 4.80 Å². The highest BCUT2D eigenvalue weighted by molar-refractivity contribution is 7.14. The fourth-order valence-corrected chi connectivity index (χ4v) is 3.85. The van der Waals surface area contributed by atoms with Gasteiger partial charge in [-0.1, -0.05) is 12.1 Å². The highest BCUT2D eigenvalue weighted by Crippen LogP contribution is 2.28. The van der Waals surface area contributed by atoms with Gasteiger partial charge in [-0.25, -0.2) is 4.68 Å². The summed E-state index contributed by atoms with van der Waals surface area (Å²) in [4.78, 5) is 6.48. The number of phenols is 2. The van der Waals surface area contributed by atoms with Crippen LogP contribution in [-0.2, 0) is 0 Å². The fourth-order valence-electron chi connectivity index (χ4n) is 2.09. The maximum absolute atomic E-state index is 9.92. The van der Waals surface area contributed by atoms with Gasteiger partial charge in [-0.15, -0.1) is 22.7 Å². The lowest BCUT2D eigenvalue weighted by Gasteiger charge is -2.03. The first-order valence-corrected chi connectivity index (χ1v) is 9.15. The average molecular weight is 359 g/mol. The molecule has 0 atom stereocenters. The summed E-state index contributed by atoms with van der Waals surface area (Å²) in [5.74, 6) is -0.350. The Kier molecular flexibility index (Phi) is 4.82. The van der Waals surface area contributed by atoms with E-state index in [0.29, 0.717) is 5.56 Å². The van der Waals surface area contributed by atoms with E-state index in [-0.39, 0.29) is 17.5 Å². The number of aromatic nitrogens is 1. The first-order chi connectivity index (χ1) is 11.6. The van der Waals surface area contributed by atoms with Gasteiger partial charge in [0.05, 0.1) is 16.8 Å². The Hall–Kier alpha value is -2.38. The van der Waals surface area contributed by atoms with E-state index in [2.05, 4.69) is 10.1 Å². The Labute approximate surface area is 147 Å². The average Bonchev–Trinajstić information content (AvgIpc) is 3.18. The van der Waals surface area contributed by atoms with E-state index in [1.54, 1.807) is 28.1 Å². The molecule has 0 unspecified atom stereocenters. The van der Waals surface area contributed by atoms with Crippen LogP contribution in [0.25, 0.3) is 10.6 Å². The predicted molar refractivity (Wildman–Crippen MR) is 99.1 cm³/mol. The van der Waals surface area contributed by atoms with Crippen LogP contribution in [0, 0.1) is 0 Å². The van der Waals surface area contributed by atoms with Gasteiger partial charge in [0, 0.05) is 17.0 Å². The minimum atomic E-state index is -0.183. The summed E-state index contributed by atoms with van der Waals surface area (Å²) in [5.41, 5.74) is 1.40. The molecular weight excluding hydrogens is 342 g/mol. The second-order valence-electron chi connectivity index (χ2n) is 5.38. The summed E-state index contributed by atoms with van der Waals surface area (Å²) in [5, 5.41) is 28.1. The monoisotopic (exact) mass is 359 g/mol. The third-order valence-electron chi connectivity index (χ3n) is 3.19. The summed E-state index contributed by atoms with van der Waals surface area (Å²) in [6.07, 6.45) is 1.53. The lowest BCUT2D eigenvalue weighted by Crippen LogP contribution is -2.14. The van der Waals surface area contributed by atoms with Gasteiger partial charge in [0.1, 0.15) is 0 Å². The summed E-state index contributed by atoms with van der Waals surface area (Å²) in [6.45, 7) is 4.03. The van der Waals surface area contributed by atoms with Crippen molar-refractivity contribution in [2.75, 3.05) is 0 Å². The van der Waals surface area contributed by atoms with E-state index < -0.39 is 0 Å². The number of nitrogens with zero attached hydrogens (tertiary/aromatic N) is 3. The van der Waals surface area contributed by atoms with Crippen molar-refractivity contribution in [2.24, 2.45) is 10.1 Å². The molecule has 0 aliphatic rings.